The molecule has 2 N–H and O–H groups in total. The van der Waals surface area contributed by atoms with E-state index in [1.165, 1.54) is 12.3 Å². The molecule has 3 nitrogen and oxygen atoms in total. The Balaban J connectivity index is 2.57. The number of pyridine rings is 1. The molecule has 1 aromatic rings. The maximum atomic E-state index is 12.5. The third-order valence-electron chi connectivity index (χ3n) is 1.42. The number of aryl methyl sites for hydroxylation is 1. The maximum absolute atomic E-state index is 12.5. The van der Waals surface area contributed by atoms with Crippen LogP contribution in [0.2, 0.25) is 0 Å². The van der Waals surface area contributed by atoms with Gasteiger partial charge >= 0.3 is 0 Å². The van der Waals surface area contributed by atoms with Gasteiger partial charge in [0, 0.05) is 12.6 Å². The van der Waals surface area contributed by atoms with Gasteiger partial charge in [0.1, 0.15) is 5.82 Å². The van der Waals surface area contributed by atoms with Crippen molar-refractivity contribution in [2.24, 2.45) is 5.73 Å². The van der Waals surface area contributed by atoms with Crippen molar-refractivity contribution < 1.29 is 9.18 Å². The first kappa shape index (κ1) is 8.64. The number of halogens is 1. The van der Waals surface area contributed by atoms with Gasteiger partial charge < -0.3 is 5.73 Å². The predicted molar refractivity (Wildman–Crippen MR) is 41.7 cm³/mol. The fourth-order valence-electron chi connectivity index (χ4n) is 0.860. The van der Waals surface area contributed by atoms with Gasteiger partial charge in [-0.15, -0.1) is 0 Å². The average Bonchev–Trinajstić information content (AvgIpc) is 2.01. The maximum Gasteiger partial charge on any atom is 0.217 e. The lowest BCUT2D eigenvalue weighted by Gasteiger charge is -1.97. The van der Waals surface area contributed by atoms with Gasteiger partial charge in [-0.25, -0.2) is 4.39 Å². The Morgan fingerprint density at radius 3 is 2.92 bits per heavy atom. The van der Waals surface area contributed by atoms with E-state index >= 15 is 0 Å². The number of aromatic nitrogens is 1. The zero-order chi connectivity index (χ0) is 8.97. The molecule has 12 heavy (non-hydrogen) atoms. The van der Waals surface area contributed by atoms with Gasteiger partial charge in [0.15, 0.2) is 0 Å². The highest BCUT2D eigenvalue weighted by molar-refractivity contribution is 5.73. The summed E-state index contributed by atoms with van der Waals surface area (Å²) in [5, 5.41) is 0. The van der Waals surface area contributed by atoms with Gasteiger partial charge in [-0.1, -0.05) is 0 Å². The van der Waals surface area contributed by atoms with E-state index in [-0.39, 0.29) is 12.3 Å². The highest BCUT2D eigenvalue weighted by Gasteiger charge is 1.98. The molecule has 0 radical (unpaired) electrons. The Kier molecular flexibility index (Phi) is 2.74. The number of hydrogen-bond acceptors (Lipinski definition) is 2. The van der Waals surface area contributed by atoms with Crippen LogP contribution in [0.1, 0.15) is 12.0 Å². The number of primary amides is 1. The van der Waals surface area contributed by atoms with Crippen molar-refractivity contribution in [1.82, 2.24) is 4.98 Å². The summed E-state index contributed by atoms with van der Waals surface area (Å²) in [6, 6.07) is 1.34. The number of carbonyl (C=O) groups excluding carboxylic acids is 1. The Morgan fingerprint density at radius 1 is 1.58 bits per heavy atom. The van der Waals surface area contributed by atoms with Crippen LogP contribution < -0.4 is 5.73 Å². The van der Waals surface area contributed by atoms with E-state index in [4.69, 9.17) is 5.73 Å². The normalized spacial score (nSPS) is 9.75. The van der Waals surface area contributed by atoms with Gasteiger partial charge in [0.2, 0.25) is 5.91 Å². The van der Waals surface area contributed by atoms with Crippen LogP contribution in [0.4, 0.5) is 4.39 Å². The summed E-state index contributed by atoms with van der Waals surface area (Å²) >= 11 is 0. The first-order valence-corrected chi connectivity index (χ1v) is 3.56. The summed E-state index contributed by atoms with van der Waals surface area (Å²) in [7, 11) is 0. The van der Waals surface area contributed by atoms with Crippen LogP contribution in [-0.4, -0.2) is 10.9 Å². The summed E-state index contributed by atoms with van der Waals surface area (Å²) in [6.45, 7) is 0. The molecule has 0 fully saturated rings. The second kappa shape index (κ2) is 3.80. The first-order valence-electron chi connectivity index (χ1n) is 3.56. The van der Waals surface area contributed by atoms with Crippen LogP contribution in [0.3, 0.4) is 0 Å². The Bertz CT molecular complexity index is 288. The second-order valence-corrected chi connectivity index (χ2v) is 2.48. The lowest BCUT2D eigenvalue weighted by atomic mass is 10.1. The third-order valence-corrected chi connectivity index (χ3v) is 1.42. The van der Waals surface area contributed by atoms with Gasteiger partial charge in [0.25, 0.3) is 0 Å². The lowest BCUT2D eigenvalue weighted by Crippen LogP contribution is -2.11. The fraction of sp³-hybridized carbons (Fsp3) is 0.250. The predicted octanol–water partition coefficient (Wildman–Crippen LogP) is 0.639. The molecule has 0 aliphatic carbocycles. The Labute approximate surface area is 69.4 Å². The molecule has 0 spiro atoms. The summed E-state index contributed by atoms with van der Waals surface area (Å²) < 4.78 is 12.5. The molecule has 0 atom stereocenters. The second-order valence-electron chi connectivity index (χ2n) is 2.48. The minimum absolute atomic E-state index is 0.227. The van der Waals surface area contributed by atoms with Crippen LogP contribution in [0.5, 0.6) is 0 Å². The molecule has 0 saturated heterocycles. The van der Waals surface area contributed by atoms with Crippen LogP contribution in [0, 0.1) is 5.82 Å². The van der Waals surface area contributed by atoms with E-state index < -0.39 is 5.82 Å². The molecule has 1 rings (SSSR count). The van der Waals surface area contributed by atoms with Crippen LogP contribution in [-0.2, 0) is 11.2 Å². The molecule has 1 aromatic heterocycles. The highest BCUT2D eigenvalue weighted by atomic mass is 19.1. The SMILES string of the molecule is NC(=O)CCc1cncc(F)c1. The quantitative estimate of drug-likeness (QED) is 0.720. The van der Waals surface area contributed by atoms with E-state index in [0.29, 0.717) is 12.0 Å². The molecule has 0 bridgehead atoms. The molecule has 0 aliphatic rings. The van der Waals surface area contributed by atoms with Gasteiger partial charge in [-0.3, -0.25) is 9.78 Å². The molecule has 4 heteroatoms. The summed E-state index contributed by atoms with van der Waals surface area (Å²) in [6.07, 6.45) is 3.31. The summed E-state index contributed by atoms with van der Waals surface area (Å²) in [4.78, 5) is 14.0. The number of carbonyl (C=O) groups is 1. The van der Waals surface area contributed by atoms with Crippen LogP contribution in [0.15, 0.2) is 18.5 Å². The third kappa shape index (κ3) is 2.65. The molecular formula is C8H9FN2O. The van der Waals surface area contributed by atoms with Crippen molar-refractivity contribution >= 4 is 5.91 Å². The smallest absolute Gasteiger partial charge is 0.217 e. The standard InChI is InChI=1S/C8H9FN2O/c9-7-3-6(4-11-5-7)1-2-8(10)12/h3-5H,1-2H2,(H2,10,12). The van der Waals surface area contributed by atoms with E-state index in [1.807, 2.05) is 0 Å². The number of rotatable bonds is 3. The van der Waals surface area contributed by atoms with Crippen molar-refractivity contribution in [3.05, 3.63) is 29.8 Å². The molecule has 1 heterocycles. The lowest BCUT2D eigenvalue weighted by molar-refractivity contribution is -0.117. The number of nitrogens with zero attached hydrogens (tertiary/aromatic N) is 1. The molecule has 64 valence electrons. The van der Waals surface area contributed by atoms with Crippen molar-refractivity contribution in [1.29, 1.82) is 0 Å². The number of nitrogens with two attached hydrogens (primary N) is 1. The highest BCUT2D eigenvalue weighted by Crippen LogP contribution is 2.03. The molecule has 0 saturated carbocycles. The summed E-state index contributed by atoms with van der Waals surface area (Å²) in [5.41, 5.74) is 5.61. The summed E-state index contributed by atoms with van der Waals surface area (Å²) in [5.74, 6) is -0.781. The minimum atomic E-state index is -0.392. The van der Waals surface area contributed by atoms with E-state index in [0.717, 1.165) is 6.20 Å². The molecular weight excluding hydrogens is 159 g/mol. The average molecular weight is 168 g/mol. The topological polar surface area (TPSA) is 56.0 Å². The van der Waals surface area contributed by atoms with Crippen molar-refractivity contribution in [2.45, 2.75) is 12.8 Å². The van der Waals surface area contributed by atoms with E-state index in [9.17, 15) is 9.18 Å². The largest absolute Gasteiger partial charge is 0.370 e. The zero-order valence-electron chi connectivity index (χ0n) is 6.46. The molecule has 0 aromatic carbocycles. The van der Waals surface area contributed by atoms with Crippen molar-refractivity contribution in [2.75, 3.05) is 0 Å². The molecule has 0 unspecified atom stereocenters. The number of amides is 1. The van der Waals surface area contributed by atoms with Crippen molar-refractivity contribution in [3.63, 3.8) is 0 Å². The fourth-order valence-corrected chi connectivity index (χ4v) is 0.860. The van der Waals surface area contributed by atoms with E-state index in [1.54, 1.807) is 0 Å². The molecule has 0 aliphatic heterocycles. The van der Waals surface area contributed by atoms with Crippen molar-refractivity contribution in [3.8, 4) is 0 Å². The van der Waals surface area contributed by atoms with Crippen LogP contribution >= 0.6 is 0 Å². The minimum Gasteiger partial charge on any atom is -0.370 e. The monoisotopic (exact) mass is 168 g/mol. The molecule has 1 amide bonds. The van der Waals surface area contributed by atoms with Gasteiger partial charge in [-0.2, -0.15) is 0 Å². The zero-order valence-corrected chi connectivity index (χ0v) is 6.46. The van der Waals surface area contributed by atoms with Gasteiger partial charge in [-0.05, 0) is 18.1 Å². The van der Waals surface area contributed by atoms with Crippen LogP contribution in [0.25, 0.3) is 0 Å². The van der Waals surface area contributed by atoms with Gasteiger partial charge in [0.05, 0.1) is 6.20 Å². The number of hydrogen-bond donors (Lipinski definition) is 1. The first-order chi connectivity index (χ1) is 5.68. The van der Waals surface area contributed by atoms with E-state index in [2.05, 4.69) is 4.98 Å². The Morgan fingerprint density at radius 2 is 2.33 bits per heavy atom. The Hall–Kier alpha value is -1.45.